The number of unbranched alkanes of at least 4 members (excludes halogenated alkanes) is 3. The molecule has 14 heteroatoms. The first-order chi connectivity index (χ1) is 28.0. The van der Waals surface area contributed by atoms with Gasteiger partial charge in [-0.2, -0.15) is 0 Å². The molecule has 3 aliphatic rings. The fraction of sp³-hybridized carbons (Fsp3) is 0.477. The molecule has 2 fully saturated rings. The average molecular weight is 814 g/mol. The number of hydrogen-bond donors (Lipinski definition) is 4. The van der Waals surface area contributed by atoms with Gasteiger partial charge in [-0.05, 0) is 82.3 Å². The van der Waals surface area contributed by atoms with Gasteiger partial charge in [0.25, 0.3) is 5.91 Å². The van der Waals surface area contributed by atoms with Crippen LogP contribution in [0.3, 0.4) is 0 Å². The summed E-state index contributed by atoms with van der Waals surface area (Å²) in [5.74, 6) is -1.18. The van der Waals surface area contributed by atoms with Crippen molar-refractivity contribution in [1.29, 1.82) is 0 Å². The molecule has 1 saturated carbocycles. The van der Waals surface area contributed by atoms with E-state index in [2.05, 4.69) is 20.3 Å². The fourth-order valence-electron chi connectivity index (χ4n) is 7.65. The SMILES string of the molecule is COc1cc2[nH]c(-c3ccccc3)cc(=O)c2cc1/C=C/CCCCCC(=O)N[C@H]1CCCCC/C=C\CC(C(=O)NS(=O)(=O)C2CC2)NC(=O)[C@@H]2CCCN2C1=O. The number of amides is 4. The van der Waals surface area contributed by atoms with Crippen LogP contribution in [0.1, 0.15) is 102 Å². The number of rotatable bonds is 13. The van der Waals surface area contributed by atoms with Crippen LogP contribution in [0.25, 0.3) is 28.2 Å². The molecule has 4 N–H and O–H groups in total. The molecule has 2 aliphatic heterocycles. The summed E-state index contributed by atoms with van der Waals surface area (Å²) in [6, 6.07) is 12.3. The standard InChI is InChI=1S/C44H55N5O8S/c1-57-40-29-37-33(39(50)28-36(45-37)30-17-11-9-12-18-30)27-31(40)19-10-5-4-8-15-23-41(51)46-35-21-14-7-3-2-6-13-20-34(42(52)48-58(55,56)32-24-25-32)47-43(53)38-22-16-26-49(38)44(35)54/h6,9-13,17-19,27-29,32,34-35,38H,2-5,7-8,14-16,20-26H2,1H3,(H,45,50)(H,46,51)(H,47,53)(H,48,52)/b13-6-,19-10+/t34?,35-,38-/m0/s1. The molecule has 3 aromatic rings. The lowest BCUT2D eigenvalue weighted by Gasteiger charge is -2.29. The number of hydrogen-bond acceptors (Lipinski definition) is 8. The lowest BCUT2D eigenvalue weighted by atomic mass is 10.0. The summed E-state index contributed by atoms with van der Waals surface area (Å²) in [6.07, 6.45) is 16.7. The van der Waals surface area contributed by atoms with E-state index in [1.165, 1.54) is 4.90 Å². The van der Waals surface area contributed by atoms with E-state index < -0.39 is 45.2 Å². The van der Waals surface area contributed by atoms with Gasteiger partial charge in [-0.3, -0.25) is 28.7 Å². The largest absolute Gasteiger partial charge is 0.496 e. The molecule has 0 spiro atoms. The Morgan fingerprint density at radius 1 is 0.931 bits per heavy atom. The molecule has 3 atom stereocenters. The molecule has 6 rings (SSSR count). The molecule has 13 nitrogen and oxygen atoms in total. The first-order valence-electron chi connectivity index (χ1n) is 20.6. The van der Waals surface area contributed by atoms with Crippen LogP contribution in [0.15, 0.2) is 71.6 Å². The van der Waals surface area contributed by atoms with Gasteiger partial charge in [0.05, 0.1) is 17.9 Å². The number of aromatic nitrogens is 1. The lowest BCUT2D eigenvalue weighted by molar-refractivity contribution is -0.142. The van der Waals surface area contributed by atoms with Crippen molar-refractivity contribution < 1.29 is 32.3 Å². The number of benzene rings is 2. The summed E-state index contributed by atoms with van der Waals surface area (Å²) in [5, 5.41) is 5.68. The molecule has 1 saturated heterocycles. The minimum atomic E-state index is -3.80. The number of ether oxygens (including phenoxy) is 1. The molecule has 2 aromatic carbocycles. The molecule has 1 unspecified atom stereocenters. The molecular weight excluding hydrogens is 759 g/mol. The van der Waals surface area contributed by atoms with Crippen molar-refractivity contribution in [2.45, 2.75) is 120 Å². The van der Waals surface area contributed by atoms with Gasteiger partial charge in [0.2, 0.25) is 27.7 Å². The number of methoxy groups -OCH3 is 1. The van der Waals surface area contributed by atoms with Crippen LogP contribution in [-0.2, 0) is 29.2 Å². The predicted molar refractivity (Wildman–Crippen MR) is 224 cm³/mol. The molecule has 310 valence electrons. The van der Waals surface area contributed by atoms with E-state index >= 15 is 0 Å². The monoisotopic (exact) mass is 813 g/mol. The van der Waals surface area contributed by atoms with E-state index in [0.717, 1.165) is 61.8 Å². The normalized spacial score (nSPS) is 21.5. The summed E-state index contributed by atoms with van der Waals surface area (Å²) < 4.78 is 32.8. The third kappa shape index (κ3) is 11.2. The molecular formula is C44H55N5O8S. The predicted octanol–water partition coefficient (Wildman–Crippen LogP) is 5.65. The zero-order valence-electron chi connectivity index (χ0n) is 33.2. The second-order valence-corrected chi connectivity index (χ2v) is 17.4. The van der Waals surface area contributed by atoms with Gasteiger partial charge in [0.15, 0.2) is 5.43 Å². The number of carbonyl (C=O) groups excluding carboxylic acids is 4. The summed E-state index contributed by atoms with van der Waals surface area (Å²) in [6.45, 7) is 0.348. The van der Waals surface area contributed by atoms with E-state index in [4.69, 9.17) is 4.74 Å². The minimum absolute atomic E-state index is 0.0786. The Morgan fingerprint density at radius 2 is 1.74 bits per heavy atom. The maximum absolute atomic E-state index is 13.9. The van der Waals surface area contributed by atoms with E-state index in [0.29, 0.717) is 61.7 Å². The van der Waals surface area contributed by atoms with Gasteiger partial charge in [-0.25, -0.2) is 8.42 Å². The maximum atomic E-state index is 13.9. The first kappa shape index (κ1) is 42.4. The van der Waals surface area contributed by atoms with Crippen molar-refractivity contribution in [3.8, 4) is 17.0 Å². The van der Waals surface area contributed by atoms with Crippen LogP contribution in [0.4, 0.5) is 0 Å². The van der Waals surface area contributed by atoms with Crippen molar-refractivity contribution in [2.24, 2.45) is 0 Å². The van der Waals surface area contributed by atoms with E-state index in [1.54, 1.807) is 19.3 Å². The number of pyridine rings is 1. The number of H-pyrrole nitrogens is 1. The molecule has 3 heterocycles. The second kappa shape index (κ2) is 20.0. The highest BCUT2D eigenvalue weighted by Crippen LogP contribution is 2.29. The highest BCUT2D eigenvalue weighted by Gasteiger charge is 2.41. The fourth-order valence-corrected chi connectivity index (χ4v) is 8.99. The van der Waals surface area contributed by atoms with Gasteiger partial charge in [0.1, 0.15) is 23.9 Å². The van der Waals surface area contributed by atoms with Crippen LogP contribution in [0.5, 0.6) is 5.75 Å². The van der Waals surface area contributed by atoms with E-state index in [9.17, 15) is 32.4 Å². The van der Waals surface area contributed by atoms with Gasteiger partial charge in [0, 0.05) is 41.7 Å². The molecule has 0 bridgehead atoms. The summed E-state index contributed by atoms with van der Waals surface area (Å²) in [4.78, 5) is 71.6. The zero-order chi connectivity index (χ0) is 41.1. The zero-order valence-corrected chi connectivity index (χ0v) is 34.0. The van der Waals surface area contributed by atoms with Crippen LogP contribution in [0, 0.1) is 0 Å². The van der Waals surface area contributed by atoms with Crippen molar-refractivity contribution in [1.82, 2.24) is 25.2 Å². The minimum Gasteiger partial charge on any atom is -0.496 e. The third-order valence-corrected chi connectivity index (χ3v) is 12.9. The highest BCUT2D eigenvalue weighted by atomic mass is 32.2. The van der Waals surface area contributed by atoms with Crippen LogP contribution in [0.2, 0.25) is 0 Å². The quantitative estimate of drug-likeness (QED) is 0.126. The van der Waals surface area contributed by atoms with Crippen LogP contribution in [-0.4, -0.2) is 79.0 Å². The maximum Gasteiger partial charge on any atom is 0.256 e. The molecule has 0 radical (unpaired) electrons. The third-order valence-electron chi connectivity index (χ3n) is 11.0. The second-order valence-electron chi connectivity index (χ2n) is 15.5. The number of carbonyl (C=O) groups is 4. The molecule has 4 amide bonds. The Hall–Kier alpha value is -5.24. The number of allylic oxidation sites excluding steroid dienone is 2. The topological polar surface area (TPSA) is 184 Å². The Kier molecular flexibility index (Phi) is 14.6. The number of nitrogens with one attached hydrogen (secondary N) is 4. The summed E-state index contributed by atoms with van der Waals surface area (Å²) >= 11 is 0. The number of sulfonamides is 1. The van der Waals surface area contributed by atoms with E-state index in [-0.39, 0.29) is 30.1 Å². The lowest BCUT2D eigenvalue weighted by Crippen LogP contribution is -2.56. The van der Waals surface area contributed by atoms with Crippen LogP contribution >= 0.6 is 0 Å². The van der Waals surface area contributed by atoms with Gasteiger partial charge >= 0.3 is 0 Å². The van der Waals surface area contributed by atoms with Crippen LogP contribution < -0.4 is 25.5 Å². The van der Waals surface area contributed by atoms with E-state index in [1.807, 2.05) is 60.7 Å². The Morgan fingerprint density at radius 3 is 2.52 bits per heavy atom. The smallest absolute Gasteiger partial charge is 0.256 e. The van der Waals surface area contributed by atoms with Crippen molar-refractivity contribution in [3.05, 3.63) is 82.5 Å². The molecule has 1 aromatic heterocycles. The average Bonchev–Trinajstić information content (AvgIpc) is 3.97. The number of fused-ring (bicyclic) bond motifs is 2. The van der Waals surface area contributed by atoms with Gasteiger partial charge < -0.3 is 25.3 Å². The molecule has 58 heavy (non-hydrogen) atoms. The van der Waals surface area contributed by atoms with Crippen molar-refractivity contribution in [2.75, 3.05) is 13.7 Å². The number of nitrogens with zero attached hydrogens (tertiary/aromatic N) is 1. The Labute approximate surface area is 340 Å². The summed E-state index contributed by atoms with van der Waals surface area (Å²) in [7, 11) is -2.20. The first-order valence-corrected chi connectivity index (χ1v) is 22.2. The molecule has 1 aliphatic carbocycles. The Balaban J connectivity index is 1.00. The van der Waals surface area contributed by atoms with Gasteiger partial charge in [-0.1, -0.05) is 73.9 Å². The summed E-state index contributed by atoms with van der Waals surface area (Å²) in [5.41, 5.74) is 3.08. The van der Waals surface area contributed by atoms with Gasteiger partial charge in [-0.15, -0.1) is 0 Å². The highest BCUT2D eigenvalue weighted by molar-refractivity contribution is 7.90. The van der Waals surface area contributed by atoms with Crippen molar-refractivity contribution >= 4 is 50.6 Å². The number of aromatic amines is 1. The Bertz CT molecular complexity index is 2180. The van der Waals surface area contributed by atoms with Crippen molar-refractivity contribution in [3.63, 3.8) is 0 Å².